The largest absolute Gasteiger partial charge is 0.466 e. The first kappa shape index (κ1) is 9.69. The lowest BCUT2D eigenvalue weighted by molar-refractivity contribution is -0.136. The topological polar surface area (TPSA) is 26.3 Å². The number of halogens is 1. The molecule has 0 rings (SSSR count). The molecule has 0 spiro atoms. The number of hydrogen-bond acceptors (Lipinski definition) is 2. The summed E-state index contributed by atoms with van der Waals surface area (Å²) in [5.41, 5.74) is 0.655. The maximum Gasteiger partial charge on any atom is 0.334 e. The Morgan fingerprint density at radius 2 is 2.20 bits per heavy atom. The number of carbonyl (C=O) groups is 1. The Morgan fingerprint density at radius 1 is 1.70 bits per heavy atom. The summed E-state index contributed by atoms with van der Waals surface area (Å²) in [5, 5.41) is 0. The fraction of sp³-hybridized carbons (Fsp3) is 0.571. The van der Waals surface area contributed by atoms with Crippen LogP contribution in [-0.2, 0) is 9.53 Å². The summed E-state index contributed by atoms with van der Waals surface area (Å²) in [6.07, 6.45) is 1.74. The van der Waals surface area contributed by atoms with E-state index in [1.54, 1.807) is 6.08 Å². The fourth-order valence-corrected chi connectivity index (χ4v) is 1.08. The summed E-state index contributed by atoms with van der Waals surface area (Å²) in [6.45, 7) is 3.69. The van der Waals surface area contributed by atoms with E-state index >= 15 is 0 Å². The molecule has 0 aliphatic rings. The minimum absolute atomic E-state index is 0.0601. The van der Waals surface area contributed by atoms with Gasteiger partial charge in [-0.05, 0) is 13.8 Å². The molecular formula is C7H11BrO2. The monoisotopic (exact) mass is 206 g/mol. The number of methoxy groups -OCH3 is 1. The van der Waals surface area contributed by atoms with Crippen molar-refractivity contribution < 1.29 is 9.53 Å². The van der Waals surface area contributed by atoms with Crippen molar-refractivity contribution in [2.45, 2.75) is 18.7 Å². The van der Waals surface area contributed by atoms with Crippen molar-refractivity contribution in [2.75, 3.05) is 7.11 Å². The standard InChI is InChI=1S/C7H11BrO2/c1-4-6(5(2)8)7(9)10-3/h4-5H,1-3H3. The van der Waals surface area contributed by atoms with Crippen LogP contribution in [0.3, 0.4) is 0 Å². The van der Waals surface area contributed by atoms with Gasteiger partial charge in [-0.1, -0.05) is 22.0 Å². The van der Waals surface area contributed by atoms with Crippen molar-refractivity contribution in [1.29, 1.82) is 0 Å². The summed E-state index contributed by atoms with van der Waals surface area (Å²) >= 11 is 3.27. The van der Waals surface area contributed by atoms with Crippen molar-refractivity contribution in [2.24, 2.45) is 0 Å². The van der Waals surface area contributed by atoms with Gasteiger partial charge < -0.3 is 4.74 Å². The van der Waals surface area contributed by atoms with E-state index in [4.69, 9.17) is 0 Å². The van der Waals surface area contributed by atoms with Crippen LogP contribution in [0.4, 0.5) is 0 Å². The number of rotatable bonds is 2. The zero-order valence-corrected chi connectivity index (χ0v) is 7.94. The third-order valence-electron chi connectivity index (χ3n) is 1.16. The van der Waals surface area contributed by atoms with Gasteiger partial charge in [-0.15, -0.1) is 0 Å². The van der Waals surface area contributed by atoms with Gasteiger partial charge in [-0.3, -0.25) is 0 Å². The zero-order valence-electron chi connectivity index (χ0n) is 6.35. The van der Waals surface area contributed by atoms with Gasteiger partial charge in [-0.2, -0.15) is 0 Å². The van der Waals surface area contributed by atoms with Crippen molar-refractivity contribution >= 4 is 21.9 Å². The lowest BCUT2D eigenvalue weighted by Gasteiger charge is -2.05. The molecular weight excluding hydrogens is 196 g/mol. The first-order valence-electron chi connectivity index (χ1n) is 3.02. The molecule has 1 atom stereocenters. The SMILES string of the molecule is CC=C(C(=O)OC)C(C)Br. The molecule has 0 aromatic carbocycles. The Hall–Kier alpha value is -0.310. The van der Waals surface area contributed by atoms with E-state index in [-0.39, 0.29) is 10.8 Å². The minimum atomic E-state index is -0.271. The third kappa shape index (κ3) is 2.52. The summed E-state index contributed by atoms with van der Waals surface area (Å²) in [7, 11) is 1.38. The predicted octanol–water partition coefficient (Wildman–Crippen LogP) is 1.89. The third-order valence-corrected chi connectivity index (χ3v) is 1.65. The van der Waals surface area contributed by atoms with Gasteiger partial charge in [0, 0.05) is 10.4 Å². The van der Waals surface area contributed by atoms with Crippen LogP contribution in [0.2, 0.25) is 0 Å². The second kappa shape index (κ2) is 4.50. The molecule has 0 bridgehead atoms. The predicted molar refractivity (Wildman–Crippen MR) is 44.2 cm³/mol. The van der Waals surface area contributed by atoms with E-state index in [0.717, 1.165) is 0 Å². The Labute approximate surface area is 69.4 Å². The van der Waals surface area contributed by atoms with E-state index in [1.165, 1.54) is 7.11 Å². The fourth-order valence-electron chi connectivity index (χ4n) is 0.628. The molecule has 1 unspecified atom stereocenters. The first-order chi connectivity index (χ1) is 4.63. The maximum absolute atomic E-state index is 10.9. The molecule has 0 saturated heterocycles. The smallest absolute Gasteiger partial charge is 0.334 e. The van der Waals surface area contributed by atoms with Crippen LogP contribution in [0.1, 0.15) is 13.8 Å². The van der Waals surface area contributed by atoms with Crippen molar-refractivity contribution in [3.63, 3.8) is 0 Å². The number of alkyl halides is 1. The van der Waals surface area contributed by atoms with Crippen LogP contribution in [-0.4, -0.2) is 17.9 Å². The van der Waals surface area contributed by atoms with Crippen LogP contribution < -0.4 is 0 Å². The van der Waals surface area contributed by atoms with Crippen LogP contribution in [0.25, 0.3) is 0 Å². The second-order valence-electron chi connectivity index (χ2n) is 1.85. The number of hydrogen-bond donors (Lipinski definition) is 0. The molecule has 0 saturated carbocycles. The molecule has 2 nitrogen and oxygen atoms in total. The van der Waals surface area contributed by atoms with E-state index < -0.39 is 0 Å². The molecule has 0 fully saturated rings. The van der Waals surface area contributed by atoms with Crippen molar-refractivity contribution in [1.82, 2.24) is 0 Å². The Bertz CT molecular complexity index is 150. The van der Waals surface area contributed by atoms with Crippen LogP contribution in [0.5, 0.6) is 0 Å². The normalized spacial score (nSPS) is 14.6. The molecule has 10 heavy (non-hydrogen) atoms. The number of ether oxygens (including phenoxy) is 1. The molecule has 0 N–H and O–H groups in total. The van der Waals surface area contributed by atoms with Gasteiger partial charge in [0.2, 0.25) is 0 Å². The highest BCUT2D eigenvalue weighted by Crippen LogP contribution is 2.12. The van der Waals surface area contributed by atoms with Gasteiger partial charge in [0.25, 0.3) is 0 Å². The van der Waals surface area contributed by atoms with E-state index in [1.807, 2.05) is 13.8 Å². The summed E-state index contributed by atoms with van der Waals surface area (Å²) in [5.74, 6) is -0.271. The number of carbonyl (C=O) groups excluding carboxylic acids is 1. The molecule has 58 valence electrons. The highest BCUT2D eigenvalue weighted by molar-refractivity contribution is 9.09. The molecule has 0 aliphatic carbocycles. The van der Waals surface area contributed by atoms with Crippen LogP contribution in [0.15, 0.2) is 11.6 Å². The summed E-state index contributed by atoms with van der Waals surface area (Å²) < 4.78 is 4.53. The lowest BCUT2D eigenvalue weighted by atomic mass is 10.2. The Morgan fingerprint density at radius 3 is 2.30 bits per heavy atom. The van der Waals surface area contributed by atoms with E-state index in [0.29, 0.717) is 5.57 Å². The van der Waals surface area contributed by atoms with Crippen molar-refractivity contribution in [3.05, 3.63) is 11.6 Å². The molecule has 0 radical (unpaired) electrons. The summed E-state index contributed by atoms with van der Waals surface area (Å²) in [6, 6.07) is 0. The van der Waals surface area contributed by atoms with E-state index in [9.17, 15) is 4.79 Å². The highest BCUT2D eigenvalue weighted by atomic mass is 79.9. The Kier molecular flexibility index (Phi) is 4.36. The Balaban J connectivity index is 4.24. The summed E-state index contributed by atoms with van der Waals surface area (Å²) in [4.78, 5) is 10.9. The van der Waals surface area contributed by atoms with Crippen LogP contribution in [0, 0.1) is 0 Å². The number of allylic oxidation sites excluding steroid dienone is 1. The number of esters is 1. The molecule has 0 aliphatic heterocycles. The first-order valence-corrected chi connectivity index (χ1v) is 3.93. The van der Waals surface area contributed by atoms with Gasteiger partial charge in [0.1, 0.15) is 0 Å². The second-order valence-corrected chi connectivity index (χ2v) is 3.23. The van der Waals surface area contributed by atoms with E-state index in [2.05, 4.69) is 20.7 Å². The van der Waals surface area contributed by atoms with Crippen molar-refractivity contribution in [3.8, 4) is 0 Å². The van der Waals surface area contributed by atoms with Gasteiger partial charge in [0.05, 0.1) is 7.11 Å². The van der Waals surface area contributed by atoms with Crippen LogP contribution >= 0.6 is 15.9 Å². The highest BCUT2D eigenvalue weighted by Gasteiger charge is 2.12. The van der Waals surface area contributed by atoms with Gasteiger partial charge >= 0.3 is 5.97 Å². The lowest BCUT2D eigenvalue weighted by Crippen LogP contribution is -2.11. The molecule has 0 heterocycles. The average Bonchev–Trinajstić information content (AvgIpc) is 1.88. The molecule has 0 amide bonds. The van der Waals surface area contributed by atoms with Gasteiger partial charge in [0.15, 0.2) is 0 Å². The quantitative estimate of drug-likeness (QED) is 0.392. The molecule has 0 aromatic heterocycles. The average molecular weight is 207 g/mol. The molecule has 0 aromatic rings. The maximum atomic E-state index is 10.9. The molecule has 3 heteroatoms. The zero-order chi connectivity index (χ0) is 8.15. The minimum Gasteiger partial charge on any atom is -0.466 e. The van der Waals surface area contributed by atoms with Gasteiger partial charge in [-0.25, -0.2) is 4.79 Å².